The van der Waals surface area contributed by atoms with Crippen LogP contribution in [0.25, 0.3) is 11.4 Å². The molecule has 2 aliphatic carbocycles. The van der Waals surface area contributed by atoms with Crippen LogP contribution in [0, 0.1) is 5.41 Å². The number of nitrogens with two attached hydrogens (primary N) is 1. The summed E-state index contributed by atoms with van der Waals surface area (Å²) in [5.74, 6) is 0.704. The maximum absolute atomic E-state index is 12.8. The zero-order valence-electron chi connectivity index (χ0n) is 17.5. The Kier molecular flexibility index (Phi) is 4.61. The number of nitrogens with one attached hydrogen (secondary N) is 2. The van der Waals surface area contributed by atoms with E-state index in [1.54, 1.807) is 36.4 Å². The van der Waals surface area contributed by atoms with Gasteiger partial charge >= 0.3 is 0 Å². The highest BCUT2D eigenvalue weighted by molar-refractivity contribution is 7.92. The molecule has 4 N–H and O–H groups in total. The van der Waals surface area contributed by atoms with Gasteiger partial charge in [0.25, 0.3) is 10.0 Å². The van der Waals surface area contributed by atoms with Crippen LogP contribution in [0.4, 0.5) is 11.4 Å². The van der Waals surface area contributed by atoms with Crippen LogP contribution in [0.15, 0.2) is 57.9 Å². The van der Waals surface area contributed by atoms with Crippen molar-refractivity contribution >= 4 is 27.3 Å². The molecule has 0 spiro atoms. The Bertz CT molecular complexity index is 1290. The molecular weight excluding hydrogens is 430 g/mol. The molecule has 2 saturated carbocycles. The molecule has 32 heavy (non-hydrogen) atoms. The largest absolute Gasteiger partial charge is 0.337 e. The molecule has 2 aliphatic rings. The molecule has 10 heteroatoms. The molecule has 0 atom stereocenters. The summed E-state index contributed by atoms with van der Waals surface area (Å²) in [7, 11) is -3.83. The highest BCUT2D eigenvalue weighted by Gasteiger charge is 2.46. The lowest BCUT2D eigenvalue weighted by atomic mass is 10.1. The van der Waals surface area contributed by atoms with Gasteiger partial charge in [-0.05, 0) is 68.1 Å². The summed E-state index contributed by atoms with van der Waals surface area (Å²) in [4.78, 5) is 16.7. The van der Waals surface area contributed by atoms with Crippen molar-refractivity contribution < 1.29 is 17.7 Å². The van der Waals surface area contributed by atoms with Crippen molar-refractivity contribution in [1.29, 1.82) is 0 Å². The molecule has 166 valence electrons. The van der Waals surface area contributed by atoms with Crippen LogP contribution in [-0.4, -0.2) is 24.5 Å². The number of carbonyl (C=O) groups excluding carboxylic acids is 1. The second kappa shape index (κ2) is 7.14. The lowest BCUT2D eigenvalue weighted by molar-refractivity contribution is -0.120. The molecule has 3 aromatic rings. The zero-order chi connectivity index (χ0) is 22.6. The fourth-order valence-electron chi connectivity index (χ4n) is 3.25. The van der Waals surface area contributed by atoms with Crippen molar-refractivity contribution in [2.75, 3.05) is 10.0 Å². The summed E-state index contributed by atoms with van der Waals surface area (Å²) in [6, 6.07) is 12.8. The number of hydrogen-bond acceptors (Lipinski definition) is 7. The Hall–Kier alpha value is -3.24. The van der Waals surface area contributed by atoms with Gasteiger partial charge in [-0.25, -0.2) is 8.42 Å². The van der Waals surface area contributed by atoms with E-state index in [0.717, 1.165) is 25.7 Å². The standard InChI is InChI=1S/C22H23N5O4S/c1-21(9-10-21)19(28)24-15-3-2-4-16(13-15)27-32(29,30)17-7-5-14(6-8-17)18-25-20(31-26-18)22(23)11-12-22/h2-8,13,27H,9-12,23H2,1H3,(H,24,28). The van der Waals surface area contributed by atoms with Crippen LogP contribution >= 0.6 is 0 Å². The summed E-state index contributed by atoms with van der Waals surface area (Å²) < 4.78 is 33.5. The number of amides is 1. The van der Waals surface area contributed by atoms with Gasteiger partial charge in [0.2, 0.25) is 17.6 Å². The van der Waals surface area contributed by atoms with Crippen LogP contribution in [0.2, 0.25) is 0 Å². The molecule has 2 aromatic carbocycles. The van der Waals surface area contributed by atoms with E-state index in [2.05, 4.69) is 20.2 Å². The number of aromatic nitrogens is 2. The van der Waals surface area contributed by atoms with E-state index < -0.39 is 15.6 Å². The maximum Gasteiger partial charge on any atom is 0.261 e. The van der Waals surface area contributed by atoms with Gasteiger partial charge < -0.3 is 15.6 Å². The first-order chi connectivity index (χ1) is 15.2. The maximum atomic E-state index is 12.8. The van der Waals surface area contributed by atoms with Crippen molar-refractivity contribution in [3.05, 3.63) is 54.4 Å². The van der Waals surface area contributed by atoms with Gasteiger partial charge in [0.05, 0.1) is 16.1 Å². The van der Waals surface area contributed by atoms with Gasteiger partial charge in [-0.15, -0.1) is 0 Å². The summed E-state index contributed by atoms with van der Waals surface area (Å²) >= 11 is 0. The van der Waals surface area contributed by atoms with Crippen molar-refractivity contribution in [2.24, 2.45) is 11.1 Å². The van der Waals surface area contributed by atoms with E-state index in [-0.39, 0.29) is 16.2 Å². The number of benzene rings is 2. The average Bonchev–Trinajstić information content (AvgIpc) is 3.64. The normalized spacial score (nSPS) is 18.1. The smallest absolute Gasteiger partial charge is 0.261 e. The van der Waals surface area contributed by atoms with Crippen LogP contribution in [0.3, 0.4) is 0 Å². The number of hydrogen-bond donors (Lipinski definition) is 3. The van der Waals surface area contributed by atoms with E-state index in [9.17, 15) is 13.2 Å². The van der Waals surface area contributed by atoms with Crippen LogP contribution in [-0.2, 0) is 20.4 Å². The second-order valence-corrected chi connectivity index (χ2v) is 10.5. The van der Waals surface area contributed by atoms with Crippen LogP contribution in [0.1, 0.15) is 38.5 Å². The third-order valence-corrected chi connectivity index (χ3v) is 7.38. The lowest BCUT2D eigenvalue weighted by Crippen LogP contribution is -2.21. The van der Waals surface area contributed by atoms with Crippen molar-refractivity contribution in [2.45, 2.75) is 43.0 Å². The summed E-state index contributed by atoms with van der Waals surface area (Å²) in [5.41, 5.74) is 6.75. The fourth-order valence-corrected chi connectivity index (χ4v) is 4.30. The molecule has 5 rings (SSSR count). The molecular formula is C22H23N5O4S. The third-order valence-electron chi connectivity index (χ3n) is 5.98. The number of nitrogens with zero attached hydrogens (tertiary/aromatic N) is 2. The summed E-state index contributed by atoms with van der Waals surface area (Å²) in [6.07, 6.45) is 3.34. The van der Waals surface area contributed by atoms with Gasteiger partial charge in [-0.3, -0.25) is 9.52 Å². The van der Waals surface area contributed by atoms with Gasteiger partial charge in [0, 0.05) is 16.7 Å². The number of sulfonamides is 1. The van der Waals surface area contributed by atoms with Crippen LogP contribution in [0.5, 0.6) is 0 Å². The van der Waals surface area contributed by atoms with Crippen molar-refractivity contribution in [3.8, 4) is 11.4 Å². The zero-order valence-corrected chi connectivity index (χ0v) is 18.3. The Morgan fingerprint density at radius 3 is 2.41 bits per heavy atom. The van der Waals surface area contributed by atoms with Gasteiger partial charge in [-0.2, -0.15) is 4.98 Å². The number of anilines is 2. The van der Waals surface area contributed by atoms with Crippen molar-refractivity contribution in [1.82, 2.24) is 10.1 Å². The predicted octanol–water partition coefficient (Wildman–Crippen LogP) is 3.22. The molecule has 2 fully saturated rings. The average molecular weight is 454 g/mol. The lowest BCUT2D eigenvalue weighted by Gasteiger charge is -2.12. The predicted molar refractivity (Wildman–Crippen MR) is 118 cm³/mol. The molecule has 0 saturated heterocycles. The molecule has 0 aliphatic heterocycles. The van der Waals surface area contributed by atoms with Crippen molar-refractivity contribution in [3.63, 3.8) is 0 Å². The number of rotatable bonds is 7. The second-order valence-electron chi connectivity index (χ2n) is 8.80. The van der Waals surface area contributed by atoms with Crippen LogP contribution < -0.4 is 15.8 Å². The third kappa shape index (κ3) is 3.98. The molecule has 1 heterocycles. The minimum atomic E-state index is -3.83. The van der Waals surface area contributed by atoms with E-state index >= 15 is 0 Å². The first-order valence-corrected chi connectivity index (χ1v) is 11.8. The monoisotopic (exact) mass is 453 g/mol. The Balaban J connectivity index is 1.30. The van der Waals surface area contributed by atoms with Gasteiger partial charge in [0.1, 0.15) is 0 Å². The van der Waals surface area contributed by atoms with E-state index in [1.807, 2.05) is 6.92 Å². The SMILES string of the molecule is CC1(C(=O)Nc2cccc(NS(=O)(=O)c3ccc(-c4noc(C5(N)CC5)n4)cc3)c2)CC1. The Morgan fingerprint density at radius 2 is 1.75 bits per heavy atom. The summed E-state index contributed by atoms with van der Waals surface area (Å²) in [6.45, 7) is 1.91. The highest BCUT2D eigenvalue weighted by atomic mass is 32.2. The van der Waals surface area contributed by atoms with Gasteiger partial charge in [-0.1, -0.05) is 18.1 Å². The molecule has 9 nitrogen and oxygen atoms in total. The van der Waals surface area contributed by atoms with E-state index in [4.69, 9.17) is 10.3 Å². The molecule has 1 aromatic heterocycles. The molecule has 0 unspecified atom stereocenters. The summed E-state index contributed by atoms with van der Waals surface area (Å²) in [5, 5.41) is 6.79. The quantitative estimate of drug-likeness (QED) is 0.499. The minimum Gasteiger partial charge on any atom is -0.337 e. The topological polar surface area (TPSA) is 140 Å². The molecule has 0 radical (unpaired) electrons. The Morgan fingerprint density at radius 1 is 1.06 bits per heavy atom. The first-order valence-electron chi connectivity index (χ1n) is 10.3. The van der Waals surface area contributed by atoms with E-state index in [0.29, 0.717) is 28.7 Å². The molecule has 1 amide bonds. The first kappa shape index (κ1) is 20.7. The molecule has 0 bridgehead atoms. The van der Waals surface area contributed by atoms with Gasteiger partial charge in [0.15, 0.2) is 0 Å². The Labute approximate surface area is 185 Å². The minimum absolute atomic E-state index is 0.0556. The number of carbonyl (C=O) groups is 1. The van der Waals surface area contributed by atoms with E-state index in [1.165, 1.54) is 12.1 Å². The highest BCUT2D eigenvalue weighted by Crippen LogP contribution is 2.45. The fraction of sp³-hybridized carbons (Fsp3) is 0.318.